The van der Waals surface area contributed by atoms with Gasteiger partial charge in [0.1, 0.15) is 17.1 Å². The van der Waals surface area contributed by atoms with E-state index in [9.17, 15) is 4.79 Å². The zero-order valence-electron chi connectivity index (χ0n) is 14.8. The number of anilines is 1. The molecule has 0 unspecified atom stereocenters. The highest BCUT2D eigenvalue weighted by Gasteiger charge is 2.37. The second kappa shape index (κ2) is 6.69. The van der Waals surface area contributed by atoms with Gasteiger partial charge in [-0.3, -0.25) is 4.99 Å². The van der Waals surface area contributed by atoms with Crippen molar-refractivity contribution in [3.63, 3.8) is 0 Å². The van der Waals surface area contributed by atoms with Crippen LogP contribution < -0.4 is 15.0 Å². The van der Waals surface area contributed by atoms with E-state index in [-0.39, 0.29) is 0 Å². The second-order valence-electron chi connectivity index (χ2n) is 6.17. The first-order chi connectivity index (χ1) is 11.9. The minimum atomic E-state index is -2.41. The van der Waals surface area contributed by atoms with Crippen LogP contribution in [0.1, 0.15) is 32.1 Å². The second-order valence-corrected chi connectivity index (χ2v) is 10.5. The van der Waals surface area contributed by atoms with Crippen molar-refractivity contribution >= 4 is 37.2 Å². The van der Waals surface area contributed by atoms with Crippen LogP contribution in [0.3, 0.4) is 0 Å². The zero-order chi connectivity index (χ0) is 18.2. The van der Waals surface area contributed by atoms with E-state index in [1.165, 1.54) is 0 Å². The van der Waals surface area contributed by atoms with Gasteiger partial charge in [0, 0.05) is 11.1 Å². The SMILES string of the molecule is CC[Si]1(CC)Nc2cc(Cl)ccc2N=C(C)c2c(cc(C)oc2=O)O1. The van der Waals surface area contributed by atoms with Crippen LogP contribution in [0.25, 0.3) is 0 Å². The number of hydrogen-bond acceptors (Lipinski definition) is 5. The Hall–Kier alpha value is -2.05. The van der Waals surface area contributed by atoms with Gasteiger partial charge in [-0.15, -0.1) is 0 Å². The molecule has 2 heterocycles. The van der Waals surface area contributed by atoms with Gasteiger partial charge < -0.3 is 13.8 Å². The van der Waals surface area contributed by atoms with E-state index in [4.69, 9.17) is 20.4 Å². The first kappa shape index (κ1) is 17.8. The van der Waals surface area contributed by atoms with Crippen LogP contribution in [0.4, 0.5) is 11.4 Å². The molecule has 7 heteroatoms. The van der Waals surface area contributed by atoms with Gasteiger partial charge in [0.05, 0.1) is 17.1 Å². The van der Waals surface area contributed by atoms with Gasteiger partial charge in [-0.1, -0.05) is 25.4 Å². The summed E-state index contributed by atoms with van der Waals surface area (Å²) in [5.74, 6) is 1.06. The molecule has 1 aliphatic heterocycles. The molecule has 0 saturated heterocycles. The van der Waals surface area contributed by atoms with Gasteiger partial charge in [-0.05, 0) is 44.1 Å². The number of rotatable bonds is 2. The molecular formula is C18H21ClN2O3Si. The van der Waals surface area contributed by atoms with E-state index in [2.05, 4.69) is 23.8 Å². The number of nitrogens with zero attached hydrogens (tertiary/aromatic N) is 1. The third kappa shape index (κ3) is 3.36. The molecular weight excluding hydrogens is 356 g/mol. The Kier molecular flexibility index (Phi) is 4.75. The molecule has 0 atom stereocenters. The summed E-state index contributed by atoms with van der Waals surface area (Å²) in [6.45, 7) is 7.72. The Balaban J connectivity index is 2.32. The van der Waals surface area contributed by atoms with Gasteiger partial charge in [-0.25, -0.2) is 4.79 Å². The Labute approximate surface area is 152 Å². The van der Waals surface area contributed by atoms with Crippen LogP contribution in [-0.2, 0) is 0 Å². The highest BCUT2D eigenvalue weighted by atomic mass is 35.5. The van der Waals surface area contributed by atoms with Gasteiger partial charge in [0.15, 0.2) is 0 Å². The lowest BCUT2D eigenvalue weighted by molar-refractivity contribution is 0.458. The molecule has 1 aliphatic rings. The van der Waals surface area contributed by atoms with Crippen molar-refractivity contribution in [3.8, 4) is 5.75 Å². The van der Waals surface area contributed by atoms with Crippen molar-refractivity contribution < 1.29 is 8.84 Å². The van der Waals surface area contributed by atoms with Crippen LogP contribution in [0, 0.1) is 6.92 Å². The number of halogens is 1. The molecule has 0 radical (unpaired) electrons. The zero-order valence-corrected chi connectivity index (χ0v) is 16.5. The Morgan fingerprint density at radius 1 is 1.20 bits per heavy atom. The third-order valence-corrected chi connectivity index (χ3v) is 8.31. The molecule has 1 aromatic carbocycles. The van der Waals surface area contributed by atoms with E-state index in [1.54, 1.807) is 26.0 Å². The summed E-state index contributed by atoms with van der Waals surface area (Å²) in [5, 5.41) is 0.626. The minimum Gasteiger partial charge on any atom is -0.524 e. The standard InChI is InChI=1S/C18H21ClN2O3Si/c1-5-25(6-2)21-15-10-13(19)7-8-14(15)20-12(4)17-16(24-25)9-11(3)23-18(17)22/h7-10,21H,5-6H2,1-4H3. The number of aliphatic imine (C=N–C) groups is 1. The number of benzene rings is 1. The maximum atomic E-state index is 12.5. The van der Waals surface area contributed by atoms with Crippen molar-refractivity contribution in [2.24, 2.45) is 4.99 Å². The van der Waals surface area contributed by atoms with Crippen molar-refractivity contribution in [1.82, 2.24) is 0 Å². The van der Waals surface area contributed by atoms with Crippen molar-refractivity contribution in [1.29, 1.82) is 0 Å². The van der Waals surface area contributed by atoms with Gasteiger partial charge in [-0.2, -0.15) is 0 Å². The summed E-state index contributed by atoms with van der Waals surface area (Å²) in [7, 11) is -2.41. The Bertz CT molecular complexity index is 904. The number of nitrogens with one attached hydrogen (secondary N) is 1. The summed E-state index contributed by atoms with van der Waals surface area (Å²) in [5.41, 5.74) is 2.08. The monoisotopic (exact) mass is 376 g/mol. The first-order valence-electron chi connectivity index (χ1n) is 8.34. The molecule has 0 aliphatic carbocycles. The Morgan fingerprint density at radius 3 is 2.60 bits per heavy atom. The van der Waals surface area contributed by atoms with E-state index in [0.29, 0.717) is 27.8 Å². The molecule has 5 nitrogen and oxygen atoms in total. The van der Waals surface area contributed by atoms with Gasteiger partial charge in [0.2, 0.25) is 0 Å². The topological polar surface area (TPSA) is 63.8 Å². The molecule has 2 aromatic rings. The predicted molar refractivity (Wildman–Crippen MR) is 104 cm³/mol. The number of fused-ring (bicyclic) bond motifs is 2. The largest absolute Gasteiger partial charge is 0.524 e. The summed E-state index contributed by atoms with van der Waals surface area (Å²) in [4.78, 5) is 20.7. The summed E-state index contributed by atoms with van der Waals surface area (Å²) in [6, 6.07) is 8.92. The van der Waals surface area contributed by atoms with Crippen LogP contribution in [0.2, 0.25) is 17.1 Å². The summed E-state index contributed by atoms with van der Waals surface area (Å²) >= 11 is 6.18. The quantitative estimate of drug-likeness (QED) is 0.746. The smallest absolute Gasteiger partial charge is 0.357 e. The molecule has 1 N–H and O–H groups in total. The lowest BCUT2D eigenvalue weighted by Crippen LogP contribution is -2.49. The van der Waals surface area contributed by atoms with Crippen LogP contribution in [-0.4, -0.2) is 14.2 Å². The fourth-order valence-corrected chi connectivity index (χ4v) is 5.62. The van der Waals surface area contributed by atoms with Crippen LogP contribution in [0.5, 0.6) is 5.75 Å². The lowest BCUT2D eigenvalue weighted by atomic mass is 10.1. The highest BCUT2D eigenvalue weighted by molar-refractivity contribution is 6.77. The molecule has 0 spiro atoms. The third-order valence-electron chi connectivity index (χ3n) is 4.46. The molecule has 0 fully saturated rings. The minimum absolute atomic E-state index is 0.383. The van der Waals surface area contributed by atoms with Crippen molar-refractivity contribution in [2.75, 3.05) is 4.98 Å². The molecule has 0 bridgehead atoms. The maximum absolute atomic E-state index is 12.5. The average Bonchev–Trinajstić information content (AvgIpc) is 2.60. The average molecular weight is 377 g/mol. The normalized spacial score (nSPS) is 15.5. The molecule has 0 saturated carbocycles. The fraction of sp³-hybridized carbons (Fsp3) is 0.333. The summed E-state index contributed by atoms with van der Waals surface area (Å²) in [6.07, 6.45) is 0. The summed E-state index contributed by atoms with van der Waals surface area (Å²) < 4.78 is 11.8. The van der Waals surface area contributed by atoms with Crippen LogP contribution in [0.15, 0.2) is 38.5 Å². The van der Waals surface area contributed by atoms with E-state index in [1.807, 2.05) is 12.1 Å². The Morgan fingerprint density at radius 2 is 1.92 bits per heavy atom. The predicted octanol–water partition coefficient (Wildman–Crippen LogP) is 5.03. The molecule has 25 heavy (non-hydrogen) atoms. The van der Waals surface area contributed by atoms with Crippen molar-refractivity contribution in [3.05, 3.63) is 51.0 Å². The van der Waals surface area contributed by atoms with E-state index in [0.717, 1.165) is 23.5 Å². The van der Waals surface area contributed by atoms with E-state index >= 15 is 0 Å². The first-order valence-corrected chi connectivity index (χ1v) is 11.0. The maximum Gasteiger partial charge on any atom is 0.357 e. The molecule has 1 aromatic heterocycles. The highest BCUT2D eigenvalue weighted by Crippen LogP contribution is 2.35. The van der Waals surface area contributed by atoms with Crippen molar-refractivity contribution in [2.45, 2.75) is 39.8 Å². The molecule has 3 rings (SSSR count). The fourth-order valence-electron chi connectivity index (χ4n) is 2.99. The van der Waals surface area contributed by atoms with Crippen LogP contribution >= 0.6 is 11.6 Å². The van der Waals surface area contributed by atoms with E-state index < -0.39 is 14.1 Å². The van der Waals surface area contributed by atoms with Gasteiger partial charge in [0.25, 0.3) is 0 Å². The molecule has 132 valence electrons. The molecule has 0 amide bonds. The lowest BCUT2D eigenvalue weighted by Gasteiger charge is -2.31. The number of hydrogen-bond donors (Lipinski definition) is 1. The number of aryl methyl sites for hydroxylation is 1. The van der Waals surface area contributed by atoms with Gasteiger partial charge >= 0.3 is 14.1 Å².